The van der Waals surface area contributed by atoms with E-state index in [1.165, 1.54) is 57.8 Å². The van der Waals surface area contributed by atoms with Crippen molar-refractivity contribution in [1.29, 1.82) is 0 Å². The van der Waals surface area contributed by atoms with Gasteiger partial charge in [-0.1, -0.05) is 32.6 Å². The van der Waals surface area contributed by atoms with Gasteiger partial charge in [0.15, 0.2) is 0 Å². The van der Waals surface area contributed by atoms with Gasteiger partial charge < -0.3 is 10.1 Å². The molecule has 2 aliphatic carbocycles. The quantitative estimate of drug-likeness (QED) is 0.743. The summed E-state index contributed by atoms with van der Waals surface area (Å²) < 4.78 is 6.30. The lowest BCUT2D eigenvalue weighted by Gasteiger charge is -2.41. The van der Waals surface area contributed by atoms with Gasteiger partial charge in [0.25, 0.3) is 0 Å². The minimum atomic E-state index is 0.166. The zero-order chi connectivity index (χ0) is 12.8. The molecule has 1 N–H and O–H groups in total. The predicted octanol–water partition coefficient (Wildman–Crippen LogP) is 3.89. The maximum Gasteiger partial charge on any atom is 0.0837 e. The van der Waals surface area contributed by atoms with Gasteiger partial charge in [0.05, 0.1) is 5.60 Å². The SMILES string of the molecule is CCCNC(C1CCCC1)C1(OCC)CCCC1. The maximum absolute atomic E-state index is 6.30. The summed E-state index contributed by atoms with van der Waals surface area (Å²) in [7, 11) is 0. The Morgan fingerprint density at radius 2 is 1.78 bits per heavy atom. The highest BCUT2D eigenvalue weighted by Gasteiger charge is 2.45. The molecule has 2 saturated carbocycles. The predicted molar refractivity (Wildman–Crippen MR) is 76.9 cm³/mol. The molecule has 2 fully saturated rings. The Morgan fingerprint density at radius 3 is 2.33 bits per heavy atom. The van der Waals surface area contributed by atoms with E-state index in [4.69, 9.17) is 4.74 Å². The normalized spacial score (nSPS) is 25.7. The van der Waals surface area contributed by atoms with Crippen molar-refractivity contribution in [2.75, 3.05) is 13.2 Å². The van der Waals surface area contributed by atoms with Gasteiger partial charge in [0.1, 0.15) is 0 Å². The van der Waals surface area contributed by atoms with E-state index in [1.807, 2.05) is 0 Å². The second-order valence-electron chi connectivity index (χ2n) is 6.18. The van der Waals surface area contributed by atoms with Crippen LogP contribution in [0.4, 0.5) is 0 Å². The lowest BCUT2D eigenvalue weighted by Crippen LogP contribution is -2.54. The summed E-state index contributed by atoms with van der Waals surface area (Å²) in [6, 6.07) is 0.613. The smallest absolute Gasteiger partial charge is 0.0837 e. The van der Waals surface area contributed by atoms with Gasteiger partial charge in [0, 0.05) is 12.6 Å². The summed E-state index contributed by atoms with van der Waals surface area (Å²) in [5, 5.41) is 3.85. The second-order valence-corrected chi connectivity index (χ2v) is 6.18. The number of hydrogen-bond donors (Lipinski definition) is 1. The fraction of sp³-hybridized carbons (Fsp3) is 1.00. The van der Waals surface area contributed by atoms with Crippen LogP contribution in [0.5, 0.6) is 0 Å². The first kappa shape index (κ1) is 14.3. The first-order chi connectivity index (χ1) is 8.82. The molecule has 0 bridgehead atoms. The van der Waals surface area contributed by atoms with Crippen LogP contribution in [-0.2, 0) is 4.74 Å². The number of rotatable bonds is 7. The Kier molecular flexibility index (Phi) is 5.50. The number of hydrogen-bond acceptors (Lipinski definition) is 2. The number of nitrogens with one attached hydrogen (secondary N) is 1. The van der Waals surface area contributed by atoms with E-state index in [9.17, 15) is 0 Å². The molecule has 2 nitrogen and oxygen atoms in total. The van der Waals surface area contributed by atoms with Gasteiger partial charge in [-0.25, -0.2) is 0 Å². The molecule has 1 atom stereocenters. The maximum atomic E-state index is 6.30. The molecule has 1 unspecified atom stereocenters. The van der Waals surface area contributed by atoms with Crippen molar-refractivity contribution in [1.82, 2.24) is 5.32 Å². The van der Waals surface area contributed by atoms with Crippen LogP contribution in [0.25, 0.3) is 0 Å². The highest BCUT2D eigenvalue weighted by atomic mass is 16.5. The molecule has 0 aromatic heterocycles. The third-order valence-electron chi connectivity index (χ3n) is 4.93. The van der Waals surface area contributed by atoms with Crippen LogP contribution in [0.1, 0.15) is 71.6 Å². The largest absolute Gasteiger partial charge is 0.374 e. The molecule has 0 heterocycles. The van der Waals surface area contributed by atoms with Crippen molar-refractivity contribution in [3.05, 3.63) is 0 Å². The van der Waals surface area contributed by atoms with Crippen LogP contribution >= 0.6 is 0 Å². The zero-order valence-electron chi connectivity index (χ0n) is 12.3. The first-order valence-electron chi connectivity index (χ1n) is 8.19. The van der Waals surface area contributed by atoms with Crippen LogP contribution in [0, 0.1) is 5.92 Å². The molecule has 0 saturated heterocycles. The fourth-order valence-electron chi connectivity index (χ4n) is 4.18. The Hall–Kier alpha value is -0.0800. The van der Waals surface area contributed by atoms with Gasteiger partial charge in [-0.15, -0.1) is 0 Å². The molecule has 2 heteroatoms. The molecular formula is C16H31NO. The Labute approximate surface area is 113 Å². The van der Waals surface area contributed by atoms with Crippen LogP contribution < -0.4 is 5.32 Å². The van der Waals surface area contributed by atoms with Crippen molar-refractivity contribution in [3.63, 3.8) is 0 Å². The van der Waals surface area contributed by atoms with Crippen molar-refractivity contribution in [3.8, 4) is 0 Å². The Bertz CT molecular complexity index is 229. The summed E-state index contributed by atoms with van der Waals surface area (Å²) in [4.78, 5) is 0. The van der Waals surface area contributed by atoms with Crippen molar-refractivity contribution in [2.24, 2.45) is 5.92 Å². The monoisotopic (exact) mass is 253 g/mol. The van der Waals surface area contributed by atoms with Crippen molar-refractivity contribution in [2.45, 2.75) is 83.3 Å². The molecule has 0 amide bonds. The molecule has 0 spiro atoms. The van der Waals surface area contributed by atoms with Gasteiger partial charge in [-0.3, -0.25) is 0 Å². The summed E-state index contributed by atoms with van der Waals surface area (Å²) >= 11 is 0. The summed E-state index contributed by atoms with van der Waals surface area (Å²) in [6.07, 6.45) is 12.2. The topological polar surface area (TPSA) is 21.3 Å². The standard InChI is InChI=1S/C16H31NO/c1-3-13-17-15(14-9-5-6-10-14)16(18-4-2)11-7-8-12-16/h14-15,17H,3-13H2,1-2H3. The third kappa shape index (κ3) is 3.08. The molecule has 18 heavy (non-hydrogen) atoms. The zero-order valence-corrected chi connectivity index (χ0v) is 12.3. The summed E-state index contributed by atoms with van der Waals surface area (Å²) in [6.45, 7) is 6.44. The highest BCUT2D eigenvalue weighted by molar-refractivity contribution is 5.01. The molecule has 0 aromatic rings. The minimum absolute atomic E-state index is 0.166. The van der Waals surface area contributed by atoms with E-state index in [1.54, 1.807) is 0 Å². The summed E-state index contributed by atoms with van der Waals surface area (Å²) in [5.74, 6) is 0.862. The molecule has 2 rings (SSSR count). The Balaban J connectivity index is 2.08. The molecule has 0 aromatic carbocycles. The van der Waals surface area contributed by atoms with Crippen LogP contribution in [-0.4, -0.2) is 24.8 Å². The average Bonchev–Trinajstić information content (AvgIpc) is 3.02. The lowest BCUT2D eigenvalue weighted by atomic mass is 9.81. The van der Waals surface area contributed by atoms with E-state index >= 15 is 0 Å². The van der Waals surface area contributed by atoms with Crippen molar-refractivity contribution < 1.29 is 4.74 Å². The first-order valence-corrected chi connectivity index (χ1v) is 8.19. The lowest BCUT2D eigenvalue weighted by molar-refractivity contribution is -0.0747. The minimum Gasteiger partial charge on any atom is -0.374 e. The third-order valence-corrected chi connectivity index (χ3v) is 4.93. The molecular weight excluding hydrogens is 222 g/mol. The fourth-order valence-corrected chi connectivity index (χ4v) is 4.18. The van der Waals surface area contributed by atoms with Crippen LogP contribution in [0.3, 0.4) is 0 Å². The second kappa shape index (κ2) is 6.91. The van der Waals surface area contributed by atoms with E-state index in [2.05, 4.69) is 19.2 Å². The highest BCUT2D eigenvalue weighted by Crippen LogP contribution is 2.42. The average molecular weight is 253 g/mol. The van der Waals surface area contributed by atoms with E-state index in [0.29, 0.717) is 6.04 Å². The Morgan fingerprint density at radius 1 is 1.11 bits per heavy atom. The summed E-state index contributed by atoms with van der Waals surface area (Å²) in [5.41, 5.74) is 0.166. The van der Waals surface area contributed by atoms with E-state index < -0.39 is 0 Å². The number of ether oxygens (including phenoxy) is 1. The van der Waals surface area contributed by atoms with Crippen LogP contribution in [0.2, 0.25) is 0 Å². The van der Waals surface area contributed by atoms with Crippen molar-refractivity contribution >= 4 is 0 Å². The van der Waals surface area contributed by atoms with Gasteiger partial charge in [-0.2, -0.15) is 0 Å². The van der Waals surface area contributed by atoms with E-state index in [-0.39, 0.29) is 5.60 Å². The van der Waals surface area contributed by atoms with Crippen LogP contribution in [0.15, 0.2) is 0 Å². The molecule has 0 aliphatic heterocycles. The van der Waals surface area contributed by atoms with Gasteiger partial charge in [0.2, 0.25) is 0 Å². The molecule has 0 radical (unpaired) electrons. The van der Waals surface area contributed by atoms with Gasteiger partial charge in [-0.05, 0) is 51.5 Å². The molecule has 106 valence electrons. The van der Waals surface area contributed by atoms with Gasteiger partial charge >= 0.3 is 0 Å². The van der Waals surface area contributed by atoms with E-state index in [0.717, 1.165) is 19.1 Å². The molecule has 2 aliphatic rings.